The number of nitrogens with zero attached hydrogens (tertiary/aromatic N) is 2. The van der Waals surface area contributed by atoms with Crippen LogP contribution in [0.4, 0.5) is 11.4 Å². The summed E-state index contributed by atoms with van der Waals surface area (Å²) in [7, 11) is 3.52. The van der Waals surface area contributed by atoms with Crippen LogP contribution in [0, 0.1) is 5.92 Å². The average Bonchev–Trinajstić information content (AvgIpc) is 2.68. The molecule has 148 valence electrons. The van der Waals surface area contributed by atoms with E-state index >= 15 is 0 Å². The van der Waals surface area contributed by atoms with Gasteiger partial charge >= 0.3 is 0 Å². The van der Waals surface area contributed by atoms with Gasteiger partial charge in [-0.1, -0.05) is 44.2 Å². The fourth-order valence-electron chi connectivity index (χ4n) is 3.16. The van der Waals surface area contributed by atoms with E-state index in [0.717, 1.165) is 16.9 Å². The maximum absolute atomic E-state index is 13.0. The number of carbonyl (C=O) groups excluding carboxylic acids is 1. The van der Waals surface area contributed by atoms with Gasteiger partial charge in [0.05, 0.1) is 24.4 Å². The Bertz CT molecular complexity index is 844. The minimum atomic E-state index is -0.223. The maximum Gasteiger partial charge on any atom is 0.232 e. The standard InChI is InChI=1S/C23H29N3O2/c1-16(2)22(18-10-8-7-9-11-18)23(27)25-19-12-13-20(21(14-19)28-6)26(5)15-17(3)24-4/h7-16,22H,4H2,1-3,5-6H3,(H,25,27)/b17-15-. The minimum Gasteiger partial charge on any atom is -0.494 e. The van der Waals surface area contributed by atoms with Crippen molar-refractivity contribution in [3.8, 4) is 5.75 Å². The molecule has 28 heavy (non-hydrogen) atoms. The van der Waals surface area contributed by atoms with Crippen molar-refractivity contribution in [2.75, 3.05) is 24.4 Å². The van der Waals surface area contributed by atoms with E-state index in [0.29, 0.717) is 11.4 Å². The van der Waals surface area contributed by atoms with Gasteiger partial charge in [-0.15, -0.1) is 0 Å². The Kier molecular flexibility index (Phi) is 7.38. The van der Waals surface area contributed by atoms with E-state index in [2.05, 4.69) is 30.9 Å². The molecule has 2 aromatic rings. The molecule has 1 amide bonds. The lowest BCUT2D eigenvalue weighted by atomic mass is 9.87. The Morgan fingerprint density at radius 3 is 2.46 bits per heavy atom. The zero-order chi connectivity index (χ0) is 20.7. The van der Waals surface area contributed by atoms with Crippen molar-refractivity contribution in [2.45, 2.75) is 26.7 Å². The normalized spacial score (nSPS) is 12.4. The summed E-state index contributed by atoms with van der Waals surface area (Å²) < 4.78 is 5.53. The largest absolute Gasteiger partial charge is 0.494 e. The van der Waals surface area contributed by atoms with E-state index < -0.39 is 0 Å². The molecule has 0 saturated carbocycles. The van der Waals surface area contributed by atoms with Crippen molar-refractivity contribution in [2.24, 2.45) is 10.9 Å². The van der Waals surface area contributed by atoms with Gasteiger partial charge in [0.2, 0.25) is 5.91 Å². The molecule has 0 aliphatic heterocycles. The van der Waals surface area contributed by atoms with Gasteiger partial charge in [0, 0.05) is 25.0 Å². The van der Waals surface area contributed by atoms with Crippen molar-refractivity contribution in [1.29, 1.82) is 0 Å². The number of methoxy groups -OCH3 is 1. The molecule has 2 rings (SSSR count). The first kappa shape index (κ1) is 21.2. The molecule has 0 aliphatic carbocycles. The van der Waals surface area contributed by atoms with E-state index in [1.54, 1.807) is 7.11 Å². The average molecular weight is 380 g/mol. The molecule has 0 aliphatic rings. The predicted octanol–water partition coefficient (Wildman–Crippen LogP) is 5.07. The highest BCUT2D eigenvalue weighted by Crippen LogP contribution is 2.32. The Morgan fingerprint density at radius 1 is 1.21 bits per heavy atom. The number of nitrogens with one attached hydrogen (secondary N) is 1. The van der Waals surface area contributed by atoms with Gasteiger partial charge in [-0.25, -0.2) is 0 Å². The van der Waals surface area contributed by atoms with Crippen LogP contribution >= 0.6 is 0 Å². The molecule has 0 aromatic heterocycles. The second-order valence-electron chi connectivity index (χ2n) is 7.05. The van der Waals surface area contributed by atoms with E-state index in [9.17, 15) is 4.79 Å². The van der Waals surface area contributed by atoms with Crippen molar-refractivity contribution >= 4 is 24.0 Å². The number of hydrogen-bond acceptors (Lipinski definition) is 4. The van der Waals surface area contributed by atoms with Crippen molar-refractivity contribution in [1.82, 2.24) is 0 Å². The third kappa shape index (κ3) is 5.22. The SMILES string of the molecule is C=N/C(C)=C\N(C)c1ccc(NC(=O)C(c2ccccc2)C(C)C)cc1OC. The first-order valence-electron chi connectivity index (χ1n) is 9.29. The molecular weight excluding hydrogens is 350 g/mol. The molecule has 5 heteroatoms. The number of ether oxygens (including phenoxy) is 1. The first-order valence-corrected chi connectivity index (χ1v) is 9.29. The molecule has 0 saturated heterocycles. The van der Waals surface area contributed by atoms with E-state index in [-0.39, 0.29) is 17.7 Å². The highest BCUT2D eigenvalue weighted by molar-refractivity contribution is 5.96. The van der Waals surface area contributed by atoms with Crippen LogP contribution in [0.25, 0.3) is 0 Å². The molecule has 0 fully saturated rings. The number of anilines is 2. The highest BCUT2D eigenvalue weighted by Gasteiger charge is 2.24. The van der Waals surface area contributed by atoms with E-state index in [1.807, 2.05) is 73.6 Å². The molecule has 1 N–H and O–H groups in total. The summed E-state index contributed by atoms with van der Waals surface area (Å²) in [5.41, 5.74) is 3.37. The van der Waals surface area contributed by atoms with Crippen LogP contribution in [0.15, 0.2) is 65.4 Å². The van der Waals surface area contributed by atoms with Crippen LogP contribution in [0.2, 0.25) is 0 Å². The van der Waals surface area contributed by atoms with Crippen molar-refractivity contribution in [3.63, 3.8) is 0 Å². The zero-order valence-corrected chi connectivity index (χ0v) is 17.3. The van der Waals surface area contributed by atoms with Crippen LogP contribution in [-0.2, 0) is 4.79 Å². The van der Waals surface area contributed by atoms with Crippen molar-refractivity contribution < 1.29 is 9.53 Å². The Balaban J connectivity index is 2.26. The third-order valence-corrected chi connectivity index (χ3v) is 4.56. The molecular formula is C23H29N3O2. The molecule has 0 bridgehead atoms. The van der Waals surface area contributed by atoms with Crippen LogP contribution in [0.3, 0.4) is 0 Å². The summed E-state index contributed by atoms with van der Waals surface area (Å²) in [4.78, 5) is 18.8. The molecule has 0 spiro atoms. The fourth-order valence-corrected chi connectivity index (χ4v) is 3.16. The number of hydrogen-bond donors (Lipinski definition) is 1. The van der Waals surface area contributed by atoms with Crippen molar-refractivity contribution in [3.05, 3.63) is 66.0 Å². The summed E-state index contributed by atoms with van der Waals surface area (Å²) in [6.45, 7) is 9.51. The van der Waals surface area contributed by atoms with Crippen LogP contribution in [0.5, 0.6) is 5.75 Å². The second kappa shape index (κ2) is 9.74. The monoisotopic (exact) mass is 379 g/mol. The van der Waals surface area contributed by atoms with E-state index in [1.165, 1.54) is 0 Å². The number of carbonyl (C=O) groups is 1. The van der Waals surface area contributed by atoms with Gasteiger partial charge < -0.3 is 15.0 Å². The highest BCUT2D eigenvalue weighted by atomic mass is 16.5. The number of benzene rings is 2. The van der Waals surface area contributed by atoms with Crippen LogP contribution in [0.1, 0.15) is 32.3 Å². The lowest BCUT2D eigenvalue weighted by Crippen LogP contribution is -2.25. The maximum atomic E-state index is 13.0. The van der Waals surface area contributed by atoms with Gasteiger partial charge in [0.25, 0.3) is 0 Å². The Hall–Kier alpha value is -3.08. The molecule has 0 radical (unpaired) electrons. The second-order valence-corrected chi connectivity index (χ2v) is 7.05. The smallest absolute Gasteiger partial charge is 0.232 e. The lowest BCUT2D eigenvalue weighted by molar-refractivity contribution is -0.118. The summed E-state index contributed by atoms with van der Waals surface area (Å²) >= 11 is 0. The van der Waals surface area contributed by atoms with Crippen LogP contribution < -0.4 is 15.0 Å². The Labute approximate surface area is 167 Å². The van der Waals surface area contributed by atoms with Gasteiger partial charge in [-0.3, -0.25) is 9.79 Å². The Morgan fingerprint density at radius 2 is 1.89 bits per heavy atom. The molecule has 1 unspecified atom stereocenters. The summed E-state index contributed by atoms with van der Waals surface area (Å²) in [5, 5.41) is 3.03. The number of aliphatic imine (C=N–C) groups is 1. The lowest BCUT2D eigenvalue weighted by Gasteiger charge is -2.22. The van der Waals surface area contributed by atoms with Crippen LogP contribution in [-0.4, -0.2) is 26.8 Å². The van der Waals surface area contributed by atoms with Gasteiger partial charge in [0.15, 0.2) is 0 Å². The number of amides is 1. The topological polar surface area (TPSA) is 53.9 Å². The number of allylic oxidation sites excluding steroid dienone is 1. The first-order chi connectivity index (χ1) is 13.4. The predicted molar refractivity (Wildman–Crippen MR) is 117 cm³/mol. The van der Waals surface area contributed by atoms with Gasteiger partial charge in [-0.2, -0.15) is 0 Å². The fraction of sp³-hybridized carbons (Fsp3) is 0.304. The summed E-state index contributed by atoms with van der Waals surface area (Å²) in [6, 6.07) is 15.5. The van der Waals surface area contributed by atoms with E-state index in [4.69, 9.17) is 4.74 Å². The molecule has 2 aromatic carbocycles. The minimum absolute atomic E-state index is 0.0315. The molecule has 5 nitrogen and oxygen atoms in total. The van der Waals surface area contributed by atoms with Gasteiger partial charge in [0.1, 0.15) is 5.75 Å². The third-order valence-electron chi connectivity index (χ3n) is 4.56. The quantitative estimate of drug-likeness (QED) is 0.651. The zero-order valence-electron chi connectivity index (χ0n) is 17.3. The molecule has 0 heterocycles. The summed E-state index contributed by atoms with van der Waals surface area (Å²) in [5.74, 6) is 0.582. The summed E-state index contributed by atoms with van der Waals surface area (Å²) in [6.07, 6.45) is 1.87. The van der Waals surface area contributed by atoms with Gasteiger partial charge in [-0.05, 0) is 37.3 Å². The molecule has 1 atom stereocenters. The number of rotatable bonds is 8.